The zero-order valence-electron chi connectivity index (χ0n) is 10.1. The van der Waals surface area contributed by atoms with Crippen LogP contribution >= 0.6 is 0 Å². The normalized spacial score (nSPS) is 19.4. The molecule has 0 aliphatic carbocycles. The highest BCUT2D eigenvalue weighted by atomic mass is 19.1. The Morgan fingerprint density at radius 2 is 2.06 bits per heavy atom. The molecule has 2 rings (SSSR count). The van der Waals surface area contributed by atoms with Crippen LogP contribution in [0, 0.1) is 5.82 Å². The van der Waals surface area contributed by atoms with Crippen LogP contribution in [0.25, 0.3) is 0 Å². The van der Waals surface area contributed by atoms with Crippen molar-refractivity contribution in [1.29, 1.82) is 0 Å². The first-order valence-corrected chi connectivity index (χ1v) is 6.06. The number of rotatable bonds is 2. The number of piperidine rings is 1. The van der Waals surface area contributed by atoms with E-state index in [1.54, 1.807) is 13.0 Å². The number of benzene rings is 1. The predicted octanol–water partition coefficient (Wildman–Crippen LogP) is 1.81. The fourth-order valence-corrected chi connectivity index (χ4v) is 2.36. The Hall–Kier alpha value is -1.13. The molecule has 0 amide bonds. The fraction of sp³-hybridized carbons (Fsp3) is 0.538. The molecule has 1 unspecified atom stereocenters. The molecule has 0 saturated carbocycles. The van der Waals surface area contributed by atoms with Gasteiger partial charge in [0.05, 0.1) is 6.10 Å². The summed E-state index contributed by atoms with van der Waals surface area (Å²) >= 11 is 0. The van der Waals surface area contributed by atoms with Crippen molar-refractivity contribution in [3.05, 3.63) is 29.6 Å². The molecule has 17 heavy (non-hydrogen) atoms. The number of aliphatic hydroxyl groups is 1. The van der Waals surface area contributed by atoms with Crippen molar-refractivity contribution in [3.63, 3.8) is 0 Å². The van der Waals surface area contributed by atoms with E-state index in [1.165, 1.54) is 6.07 Å². The molecule has 0 bridgehead atoms. The van der Waals surface area contributed by atoms with E-state index in [0.29, 0.717) is 5.56 Å². The Morgan fingerprint density at radius 1 is 1.41 bits per heavy atom. The van der Waals surface area contributed by atoms with E-state index >= 15 is 0 Å². The summed E-state index contributed by atoms with van der Waals surface area (Å²) in [4.78, 5) is 2.11. The molecular formula is C13H19FN2O. The Labute approximate surface area is 101 Å². The van der Waals surface area contributed by atoms with Gasteiger partial charge in [0.2, 0.25) is 0 Å². The minimum atomic E-state index is -0.321. The van der Waals surface area contributed by atoms with E-state index in [0.717, 1.165) is 31.6 Å². The van der Waals surface area contributed by atoms with Gasteiger partial charge in [-0.2, -0.15) is 0 Å². The van der Waals surface area contributed by atoms with Gasteiger partial charge in [0.1, 0.15) is 5.82 Å². The van der Waals surface area contributed by atoms with Crippen LogP contribution in [0.2, 0.25) is 0 Å². The van der Waals surface area contributed by atoms with Crippen molar-refractivity contribution < 1.29 is 9.50 Å². The van der Waals surface area contributed by atoms with Crippen molar-refractivity contribution in [2.45, 2.75) is 31.9 Å². The molecule has 1 fully saturated rings. The maximum absolute atomic E-state index is 13.8. The van der Waals surface area contributed by atoms with E-state index in [4.69, 9.17) is 5.73 Å². The summed E-state index contributed by atoms with van der Waals surface area (Å²) in [5.74, 6) is -0.247. The van der Waals surface area contributed by atoms with Gasteiger partial charge in [-0.15, -0.1) is 0 Å². The van der Waals surface area contributed by atoms with Gasteiger partial charge in [-0.3, -0.25) is 0 Å². The molecule has 1 aromatic carbocycles. The van der Waals surface area contributed by atoms with Crippen LogP contribution in [0.5, 0.6) is 0 Å². The number of aliphatic hydroxyl groups excluding tert-OH is 1. The lowest BCUT2D eigenvalue weighted by Gasteiger charge is -2.33. The third-order valence-electron chi connectivity index (χ3n) is 3.29. The Balaban J connectivity index is 2.28. The average Bonchev–Trinajstić information content (AvgIpc) is 2.29. The van der Waals surface area contributed by atoms with Crippen LogP contribution in [0.15, 0.2) is 18.2 Å². The average molecular weight is 238 g/mol. The fourth-order valence-electron chi connectivity index (χ4n) is 2.36. The van der Waals surface area contributed by atoms with Crippen molar-refractivity contribution >= 4 is 5.69 Å². The summed E-state index contributed by atoms with van der Waals surface area (Å²) in [5.41, 5.74) is 7.27. The molecular weight excluding hydrogens is 219 g/mol. The monoisotopic (exact) mass is 238 g/mol. The van der Waals surface area contributed by atoms with Crippen LogP contribution in [0.4, 0.5) is 10.1 Å². The number of anilines is 1. The van der Waals surface area contributed by atoms with Gasteiger partial charge >= 0.3 is 0 Å². The summed E-state index contributed by atoms with van der Waals surface area (Å²) in [7, 11) is 0. The van der Waals surface area contributed by atoms with Crippen LogP contribution < -0.4 is 10.6 Å². The summed E-state index contributed by atoms with van der Waals surface area (Å²) < 4.78 is 13.8. The Kier molecular flexibility index (Phi) is 3.64. The van der Waals surface area contributed by atoms with Crippen molar-refractivity contribution in [1.82, 2.24) is 0 Å². The highest BCUT2D eigenvalue weighted by Gasteiger charge is 2.21. The molecule has 4 heteroatoms. The molecule has 0 aromatic heterocycles. The SMILES string of the molecule is CC(N)c1c(F)cccc1N1CCC(O)CC1. The first kappa shape index (κ1) is 12.3. The van der Waals surface area contributed by atoms with E-state index in [1.807, 2.05) is 6.07 Å². The third-order valence-corrected chi connectivity index (χ3v) is 3.29. The maximum atomic E-state index is 13.8. The summed E-state index contributed by atoms with van der Waals surface area (Å²) in [6.45, 7) is 3.30. The van der Waals surface area contributed by atoms with E-state index in [-0.39, 0.29) is 18.0 Å². The standard InChI is InChI=1S/C13H19FN2O/c1-9(15)13-11(14)3-2-4-12(13)16-7-5-10(17)6-8-16/h2-4,9-10,17H,5-8,15H2,1H3. The van der Waals surface area contributed by atoms with Gasteiger partial charge in [0, 0.05) is 30.4 Å². The Morgan fingerprint density at radius 3 is 2.65 bits per heavy atom. The molecule has 3 N–H and O–H groups in total. The molecule has 1 heterocycles. The molecule has 1 aliphatic rings. The first-order valence-electron chi connectivity index (χ1n) is 6.06. The van der Waals surface area contributed by atoms with Crippen LogP contribution in [0.1, 0.15) is 31.4 Å². The van der Waals surface area contributed by atoms with E-state index < -0.39 is 0 Å². The number of hydrogen-bond donors (Lipinski definition) is 2. The molecule has 94 valence electrons. The molecule has 3 nitrogen and oxygen atoms in total. The lowest BCUT2D eigenvalue weighted by molar-refractivity contribution is 0.145. The minimum absolute atomic E-state index is 0.224. The Bertz CT molecular complexity index is 387. The molecule has 0 spiro atoms. The summed E-state index contributed by atoms with van der Waals surface area (Å²) in [6, 6.07) is 4.74. The number of hydrogen-bond acceptors (Lipinski definition) is 3. The quantitative estimate of drug-likeness (QED) is 0.826. The van der Waals surface area contributed by atoms with Crippen molar-refractivity contribution in [3.8, 4) is 0 Å². The lowest BCUT2D eigenvalue weighted by atomic mass is 10.0. The highest BCUT2D eigenvalue weighted by Crippen LogP contribution is 2.29. The molecule has 1 aliphatic heterocycles. The number of halogens is 1. The van der Waals surface area contributed by atoms with Gasteiger partial charge < -0.3 is 15.7 Å². The second-order valence-corrected chi connectivity index (χ2v) is 4.68. The number of nitrogens with two attached hydrogens (primary N) is 1. The van der Waals surface area contributed by atoms with E-state index in [2.05, 4.69) is 4.90 Å². The van der Waals surface area contributed by atoms with Gasteiger partial charge in [0.15, 0.2) is 0 Å². The smallest absolute Gasteiger partial charge is 0.130 e. The molecule has 1 atom stereocenters. The zero-order valence-corrected chi connectivity index (χ0v) is 10.1. The molecule has 1 aromatic rings. The molecule has 0 radical (unpaired) electrons. The second-order valence-electron chi connectivity index (χ2n) is 4.68. The van der Waals surface area contributed by atoms with Crippen LogP contribution in [-0.4, -0.2) is 24.3 Å². The van der Waals surface area contributed by atoms with Crippen LogP contribution in [-0.2, 0) is 0 Å². The van der Waals surface area contributed by atoms with Crippen molar-refractivity contribution in [2.24, 2.45) is 5.73 Å². The molecule has 1 saturated heterocycles. The maximum Gasteiger partial charge on any atom is 0.130 e. The number of nitrogens with zero attached hydrogens (tertiary/aromatic N) is 1. The van der Waals surface area contributed by atoms with Crippen LogP contribution in [0.3, 0.4) is 0 Å². The van der Waals surface area contributed by atoms with Gasteiger partial charge in [0.25, 0.3) is 0 Å². The summed E-state index contributed by atoms with van der Waals surface area (Å²) in [5, 5.41) is 9.48. The van der Waals surface area contributed by atoms with Crippen molar-refractivity contribution in [2.75, 3.05) is 18.0 Å². The largest absolute Gasteiger partial charge is 0.393 e. The highest BCUT2D eigenvalue weighted by molar-refractivity contribution is 5.55. The predicted molar refractivity (Wildman–Crippen MR) is 66.5 cm³/mol. The summed E-state index contributed by atoms with van der Waals surface area (Å²) in [6.07, 6.45) is 1.24. The first-order chi connectivity index (χ1) is 8.09. The van der Waals surface area contributed by atoms with Gasteiger partial charge in [-0.25, -0.2) is 4.39 Å². The zero-order chi connectivity index (χ0) is 12.4. The lowest BCUT2D eigenvalue weighted by Crippen LogP contribution is -2.36. The second kappa shape index (κ2) is 5.02. The van der Waals surface area contributed by atoms with Gasteiger partial charge in [-0.05, 0) is 31.9 Å². The third kappa shape index (κ3) is 2.58. The topological polar surface area (TPSA) is 49.5 Å². The minimum Gasteiger partial charge on any atom is -0.393 e. The van der Waals surface area contributed by atoms with E-state index in [9.17, 15) is 9.50 Å². The van der Waals surface area contributed by atoms with Gasteiger partial charge in [-0.1, -0.05) is 6.07 Å².